The first-order valence-electron chi connectivity index (χ1n) is 10.6. The number of benzene rings is 1. The van der Waals surface area contributed by atoms with Crippen molar-refractivity contribution in [3.63, 3.8) is 0 Å². The van der Waals surface area contributed by atoms with E-state index in [1.165, 1.54) is 13.1 Å². The van der Waals surface area contributed by atoms with Gasteiger partial charge in [0.25, 0.3) is 5.56 Å². The summed E-state index contributed by atoms with van der Waals surface area (Å²) in [4.78, 5) is 39.7. The SMILES string of the molecule is CC(=O)Nc1ccnc(N[C@@H](C)c2cc3cc(Cl)c(O[C@H](C)c4ccccn4)cc3[nH]c2=O)n1. The van der Waals surface area contributed by atoms with Crippen molar-refractivity contribution in [3.8, 4) is 5.75 Å². The van der Waals surface area contributed by atoms with E-state index in [1.807, 2.05) is 32.0 Å². The summed E-state index contributed by atoms with van der Waals surface area (Å²) in [5.74, 6) is 0.857. The normalized spacial score (nSPS) is 12.7. The second-order valence-electron chi connectivity index (χ2n) is 7.75. The number of carbonyl (C=O) groups excluding carboxylic acids is 1. The van der Waals surface area contributed by atoms with E-state index in [9.17, 15) is 9.59 Å². The zero-order valence-corrected chi connectivity index (χ0v) is 19.6. The lowest BCUT2D eigenvalue weighted by molar-refractivity contribution is -0.114. The Labute approximate surface area is 200 Å². The molecular formula is C24H23ClN6O3. The van der Waals surface area contributed by atoms with Crippen LogP contribution in [0.15, 0.2) is 59.7 Å². The van der Waals surface area contributed by atoms with Gasteiger partial charge in [0.2, 0.25) is 11.9 Å². The van der Waals surface area contributed by atoms with Crippen LogP contribution in [0.5, 0.6) is 5.75 Å². The van der Waals surface area contributed by atoms with Gasteiger partial charge in [0.1, 0.15) is 17.7 Å². The molecule has 0 spiro atoms. The molecule has 1 aromatic carbocycles. The summed E-state index contributed by atoms with van der Waals surface area (Å²) < 4.78 is 6.00. The number of anilines is 2. The van der Waals surface area contributed by atoms with Crippen LogP contribution < -0.4 is 20.9 Å². The number of carbonyl (C=O) groups is 1. The Morgan fingerprint density at radius 3 is 2.68 bits per heavy atom. The van der Waals surface area contributed by atoms with Crippen LogP contribution in [0.4, 0.5) is 11.8 Å². The van der Waals surface area contributed by atoms with Gasteiger partial charge in [0, 0.05) is 36.3 Å². The molecule has 34 heavy (non-hydrogen) atoms. The van der Waals surface area contributed by atoms with Crippen molar-refractivity contribution >= 4 is 40.2 Å². The Morgan fingerprint density at radius 2 is 1.94 bits per heavy atom. The van der Waals surface area contributed by atoms with Crippen molar-refractivity contribution in [2.75, 3.05) is 10.6 Å². The third-order valence-electron chi connectivity index (χ3n) is 5.11. The highest BCUT2D eigenvalue weighted by molar-refractivity contribution is 6.32. The van der Waals surface area contributed by atoms with Crippen LogP contribution in [-0.4, -0.2) is 25.8 Å². The number of hydrogen-bond acceptors (Lipinski definition) is 7. The molecule has 0 bridgehead atoms. The zero-order chi connectivity index (χ0) is 24.2. The molecule has 0 aliphatic heterocycles. The van der Waals surface area contributed by atoms with Gasteiger partial charge < -0.3 is 20.4 Å². The van der Waals surface area contributed by atoms with Gasteiger partial charge in [0.15, 0.2) is 0 Å². The first-order chi connectivity index (χ1) is 16.3. The van der Waals surface area contributed by atoms with Crippen molar-refractivity contribution in [3.05, 3.63) is 81.5 Å². The molecule has 1 amide bonds. The number of ether oxygens (including phenoxy) is 1. The quantitative estimate of drug-likeness (QED) is 0.353. The Kier molecular flexibility index (Phi) is 6.74. The van der Waals surface area contributed by atoms with Gasteiger partial charge in [-0.15, -0.1) is 0 Å². The van der Waals surface area contributed by atoms with E-state index in [-0.39, 0.29) is 23.5 Å². The average molecular weight is 479 g/mol. The van der Waals surface area contributed by atoms with Crippen LogP contribution in [0.1, 0.15) is 44.2 Å². The van der Waals surface area contributed by atoms with Gasteiger partial charge in [-0.25, -0.2) is 4.98 Å². The van der Waals surface area contributed by atoms with Crippen molar-refractivity contribution in [1.29, 1.82) is 0 Å². The van der Waals surface area contributed by atoms with Crippen LogP contribution in [0.2, 0.25) is 5.02 Å². The van der Waals surface area contributed by atoms with Crippen LogP contribution in [-0.2, 0) is 4.79 Å². The molecule has 3 aromatic heterocycles. The minimum Gasteiger partial charge on any atom is -0.483 e. The van der Waals surface area contributed by atoms with Crippen LogP contribution in [0, 0.1) is 0 Å². The largest absolute Gasteiger partial charge is 0.483 e. The second kappa shape index (κ2) is 9.88. The fourth-order valence-corrected chi connectivity index (χ4v) is 3.67. The number of aromatic amines is 1. The lowest BCUT2D eigenvalue weighted by atomic mass is 10.1. The van der Waals surface area contributed by atoms with E-state index in [0.29, 0.717) is 27.7 Å². The fourth-order valence-electron chi connectivity index (χ4n) is 3.45. The van der Waals surface area contributed by atoms with Crippen molar-refractivity contribution in [2.45, 2.75) is 32.9 Å². The number of halogens is 1. The van der Waals surface area contributed by atoms with E-state index >= 15 is 0 Å². The Morgan fingerprint density at radius 1 is 1.12 bits per heavy atom. The molecule has 3 heterocycles. The maximum atomic E-state index is 12.8. The number of fused-ring (bicyclic) bond motifs is 1. The third kappa shape index (κ3) is 5.32. The fraction of sp³-hybridized carbons (Fsp3) is 0.208. The molecule has 0 radical (unpaired) electrons. The molecule has 0 saturated carbocycles. The lowest BCUT2D eigenvalue weighted by Gasteiger charge is -2.17. The summed E-state index contributed by atoms with van der Waals surface area (Å²) >= 11 is 6.49. The van der Waals surface area contributed by atoms with E-state index in [2.05, 4.69) is 30.6 Å². The van der Waals surface area contributed by atoms with Crippen molar-refractivity contribution in [1.82, 2.24) is 19.9 Å². The number of nitrogens with one attached hydrogen (secondary N) is 3. The van der Waals surface area contributed by atoms with Crippen LogP contribution in [0.3, 0.4) is 0 Å². The number of amides is 1. The van der Waals surface area contributed by atoms with E-state index in [1.54, 1.807) is 30.5 Å². The molecule has 0 aliphatic carbocycles. The molecule has 0 aliphatic rings. The first-order valence-corrected chi connectivity index (χ1v) is 11.0. The smallest absolute Gasteiger partial charge is 0.253 e. The summed E-state index contributed by atoms with van der Waals surface area (Å²) in [7, 11) is 0. The minimum atomic E-state index is -0.417. The number of aromatic nitrogens is 4. The monoisotopic (exact) mass is 478 g/mol. The van der Waals surface area contributed by atoms with Gasteiger partial charge in [0.05, 0.1) is 22.3 Å². The maximum absolute atomic E-state index is 12.8. The van der Waals surface area contributed by atoms with E-state index in [0.717, 1.165) is 11.1 Å². The number of H-pyrrole nitrogens is 1. The molecule has 10 heteroatoms. The molecule has 0 unspecified atom stereocenters. The number of hydrogen-bond donors (Lipinski definition) is 3. The highest BCUT2D eigenvalue weighted by Gasteiger charge is 2.16. The Balaban J connectivity index is 1.58. The molecule has 9 nitrogen and oxygen atoms in total. The average Bonchev–Trinajstić information content (AvgIpc) is 2.80. The van der Waals surface area contributed by atoms with Gasteiger partial charge in [-0.2, -0.15) is 4.98 Å². The highest BCUT2D eigenvalue weighted by atomic mass is 35.5. The number of pyridine rings is 2. The molecule has 174 valence electrons. The Hall–Kier alpha value is -3.98. The van der Waals surface area contributed by atoms with Gasteiger partial charge in [-0.05, 0) is 44.2 Å². The molecule has 2 atom stereocenters. The van der Waals surface area contributed by atoms with Crippen molar-refractivity contribution < 1.29 is 9.53 Å². The minimum absolute atomic E-state index is 0.238. The summed E-state index contributed by atoms with van der Waals surface area (Å²) in [6.07, 6.45) is 2.90. The summed E-state index contributed by atoms with van der Waals surface area (Å²) in [5, 5.41) is 6.86. The van der Waals surface area contributed by atoms with E-state index in [4.69, 9.17) is 16.3 Å². The lowest BCUT2D eigenvalue weighted by Crippen LogP contribution is -2.20. The summed E-state index contributed by atoms with van der Waals surface area (Å²) in [5.41, 5.74) is 1.58. The third-order valence-corrected chi connectivity index (χ3v) is 5.40. The van der Waals surface area contributed by atoms with Crippen molar-refractivity contribution in [2.24, 2.45) is 0 Å². The second-order valence-corrected chi connectivity index (χ2v) is 8.16. The molecular weight excluding hydrogens is 456 g/mol. The topological polar surface area (TPSA) is 122 Å². The predicted octanol–water partition coefficient (Wildman–Crippen LogP) is 4.64. The van der Waals surface area contributed by atoms with E-state index < -0.39 is 6.04 Å². The summed E-state index contributed by atoms with van der Waals surface area (Å²) in [6, 6.07) is 12.0. The van der Waals surface area contributed by atoms with Gasteiger partial charge in [-0.1, -0.05) is 17.7 Å². The van der Waals surface area contributed by atoms with Gasteiger partial charge in [-0.3, -0.25) is 14.6 Å². The molecule has 0 saturated heterocycles. The maximum Gasteiger partial charge on any atom is 0.253 e. The first kappa shape index (κ1) is 23.2. The molecule has 0 fully saturated rings. The predicted molar refractivity (Wildman–Crippen MR) is 131 cm³/mol. The molecule has 4 aromatic rings. The molecule has 3 N–H and O–H groups in total. The molecule has 4 rings (SSSR count). The Bertz CT molecular complexity index is 1390. The van der Waals surface area contributed by atoms with Gasteiger partial charge >= 0.3 is 0 Å². The summed E-state index contributed by atoms with van der Waals surface area (Å²) in [6.45, 7) is 5.09. The standard InChI is InChI=1S/C24H23ClN6O3/c1-13(28-24-27-9-7-22(31-24)29-15(3)32)17-10-16-11-18(25)21(12-20(16)30-23(17)33)34-14(2)19-6-4-5-8-26-19/h4-14H,1-3H3,(H,30,33)(H2,27,28,29,31,32)/t13-,14+/m0/s1. The number of rotatable bonds is 7. The number of nitrogens with zero attached hydrogens (tertiary/aromatic N) is 3. The van der Waals surface area contributed by atoms with Crippen LogP contribution in [0.25, 0.3) is 10.9 Å². The van der Waals surface area contributed by atoms with Crippen LogP contribution >= 0.6 is 11.6 Å². The highest BCUT2D eigenvalue weighted by Crippen LogP contribution is 2.32. The zero-order valence-electron chi connectivity index (χ0n) is 18.8.